The summed E-state index contributed by atoms with van der Waals surface area (Å²) in [6, 6.07) is 0. The topological polar surface area (TPSA) is 17.1 Å². The van der Waals surface area contributed by atoms with Crippen molar-refractivity contribution in [1.29, 1.82) is 0 Å². The van der Waals surface area contributed by atoms with Crippen molar-refractivity contribution in [3.05, 3.63) is 36.5 Å². The van der Waals surface area contributed by atoms with Crippen LogP contribution in [-0.2, 0) is 4.79 Å². The summed E-state index contributed by atoms with van der Waals surface area (Å²) in [5.41, 5.74) is 2.18. The number of ketones is 1. The van der Waals surface area contributed by atoms with Crippen LogP contribution in [-0.4, -0.2) is 5.78 Å². The summed E-state index contributed by atoms with van der Waals surface area (Å²) in [5, 5.41) is 0. The van der Waals surface area contributed by atoms with E-state index in [1.807, 2.05) is 19.9 Å². The molecule has 0 fully saturated rings. The second-order valence-corrected chi connectivity index (χ2v) is 3.80. The molecule has 0 saturated carbocycles. The summed E-state index contributed by atoms with van der Waals surface area (Å²) in [4.78, 5) is 11.0. The minimum absolute atomic E-state index is 0. The van der Waals surface area contributed by atoms with Gasteiger partial charge in [0.1, 0.15) is 5.78 Å². The maximum atomic E-state index is 11.0. The smallest absolute Gasteiger partial charge is 0.132 e. The van der Waals surface area contributed by atoms with Crippen LogP contribution < -0.4 is 0 Å². The number of allylic oxidation sites excluding steroid dienone is 4. The van der Waals surface area contributed by atoms with Crippen LogP contribution in [0.1, 0.15) is 35.0 Å². The molecule has 0 bridgehead atoms. The van der Waals surface area contributed by atoms with Gasteiger partial charge in [0.25, 0.3) is 0 Å². The van der Waals surface area contributed by atoms with Crippen LogP contribution >= 0.6 is 0 Å². The van der Waals surface area contributed by atoms with Crippen LogP contribution in [0.15, 0.2) is 36.5 Å². The van der Waals surface area contributed by atoms with Crippen LogP contribution in [0, 0.1) is 5.92 Å². The van der Waals surface area contributed by atoms with Gasteiger partial charge in [-0.15, -0.1) is 0 Å². The molecular weight excluding hydrogens is 172 g/mol. The fourth-order valence-electron chi connectivity index (χ4n) is 1.06. The molecule has 0 aromatic carbocycles. The number of carbonyl (C=O) groups is 1. The predicted molar refractivity (Wildman–Crippen MR) is 64.3 cm³/mol. The normalized spacial score (nSPS) is 13.5. The van der Waals surface area contributed by atoms with Gasteiger partial charge in [0.2, 0.25) is 0 Å². The van der Waals surface area contributed by atoms with Crippen LogP contribution in [0.3, 0.4) is 0 Å². The minimum Gasteiger partial charge on any atom is -0.300 e. The molecule has 0 heterocycles. The van der Waals surface area contributed by atoms with Crippen molar-refractivity contribution in [3.8, 4) is 0 Å². The lowest BCUT2D eigenvalue weighted by molar-refractivity contribution is -0.120. The third-order valence-electron chi connectivity index (χ3n) is 2.35. The Morgan fingerprint density at radius 1 is 1.50 bits per heavy atom. The SMILES string of the molecule is C=C/C(C)=C\C(=C)CCC(C)C(C)=O.[HH]. The van der Waals surface area contributed by atoms with Gasteiger partial charge in [0.05, 0.1) is 0 Å². The highest BCUT2D eigenvalue weighted by Gasteiger charge is 2.06. The van der Waals surface area contributed by atoms with Crippen molar-refractivity contribution in [1.82, 2.24) is 0 Å². The van der Waals surface area contributed by atoms with Gasteiger partial charge >= 0.3 is 0 Å². The van der Waals surface area contributed by atoms with Gasteiger partial charge < -0.3 is 0 Å². The van der Waals surface area contributed by atoms with E-state index in [-0.39, 0.29) is 13.1 Å². The van der Waals surface area contributed by atoms with E-state index in [1.165, 1.54) is 0 Å². The molecule has 0 aromatic heterocycles. The van der Waals surface area contributed by atoms with Crippen molar-refractivity contribution in [2.75, 3.05) is 0 Å². The molecule has 0 saturated heterocycles. The first-order chi connectivity index (χ1) is 6.47. The summed E-state index contributed by atoms with van der Waals surface area (Å²) >= 11 is 0. The standard InChI is InChI=1S/C13H20O.H2/c1-6-10(2)9-11(3)7-8-12(4)13(5)14;/h6,9,12H,1,3,7-8H2,2,4-5H3;1H/b10-9-;. The Bertz CT molecular complexity index is 264. The zero-order valence-electron chi connectivity index (χ0n) is 9.47. The van der Waals surface area contributed by atoms with E-state index in [0.29, 0.717) is 0 Å². The maximum absolute atomic E-state index is 11.0. The van der Waals surface area contributed by atoms with Crippen molar-refractivity contribution in [2.45, 2.75) is 33.6 Å². The molecular formula is C13H22O. The number of hydrogen-bond acceptors (Lipinski definition) is 1. The average molecular weight is 194 g/mol. The molecule has 80 valence electrons. The molecule has 1 heteroatoms. The van der Waals surface area contributed by atoms with Crippen LogP contribution in [0.4, 0.5) is 0 Å². The Balaban J connectivity index is 0. The fourth-order valence-corrected chi connectivity index (χ4v) is 1.06. The molecule has 0 rings (SSSR count). The highest BCUT2D eigenvalue weighted by Crippen LogP contribution is 2.13. The largest absolute Gasteiger partial charge is 0.300 e. The van der Waals surface area contributed by atoms with Gasteiger partial charge in [-0.1, -0.05) is 43.4 Å². The van der Waals surface area contributed by atoms with E-state index in [2.05, 4.69) is 13.2 Å². The molecule has 0 aliphatic carbocycles. The van der Waals surface area contributed by atoms with Crippen molar-refractivity contribution in [3.63, 3.8) is 0 Å². The number of hydrogen-bond donors (Lipinski definition) is 0. The van der Waals surface area contributed by atoms with Crippen LogP contribution in [0.25, 0.3) is 0 Å². The highest BCUT2D eigenvalue weighted by atomic mass is 16.1. The van der Waals surface area contributed by atoms with Gasteiger partial charge in [-0.3, -0.25) is 4.79 Å². The summed E-state index contributed by atoms with van der Waals surface area (Å²) in [7, 11) is 0. The summed E-state index contributed by atoms with van der Waals surface area (Å²) in [6.07, 6.45) is 5.58. The lowest BCUT2D eigenvalue weighted by atomic mass is 9.98. The summed E-state index contributed by atoms with van der Waals surface area (Å²) in [6.45, 7) is 13.2. The second-order valence-electron chi connectivity index (χ2n) is 3.80. The first-order valence-corrected chi connectivity index (χ1v) is 4.96. The van der Waals surface area contributed by atoms with Crippen LogP contribution in [0.2, 0.25) is 0 Å². The monoisotopic (exact) mass is 194 g/mol. The number of Topliss-reactive ketones (excluding diaryl/α,β-unsaturated/α-hetero) is 1. The number of carbonyl (C=O) groups excluding carboxylic acids is 1. The highest BCUT2D eigenvalue weighted by molar-refractivity contribution is 5.77. The van der Waals surface area contributed by atoms with Crippen LogP contribution in [0.5, 0.6) is 0 Å². The Hall–Kier alpha value is -1.11. The molecule has 0 N–H and O–H groups in total. The van der Waals surface area contributed by atoms with Gasteiger partial charge in [0.15, 0.2) is 0 Å². The first-order valence-electron chi connectivity index (χ1n) is 4.96. The van der Waals surface area contributed by atoms with Crippen molar-refractivity contribution < 1.29 is 6.22 Å². The summed E-state index contributed by atoms with van der Waals surface area (Å²) < 4.78 is 0. The third kappa shape index (κ3) is 5.52. The predicted octanol–water partition coefficient (Wildman–Crippen LogP) is 3.93. The van der Waals surface area contributed by atoms with E-state index in [9.17, 15) is 4.79 Å². The molecule has 0 aromatic rings. The quantitative estimate of drug-likeness (QED) is 0.586. The molecule has 14 heavy (non-hydrogen) atoms. The van der Waals surface area contributed by atoms with E-state index in [0.717, 1.165) is 24.0 Å². The Morgan fingerprint density at radius 3 is 2.50 bits per heavy atom. The second kappa shape index (κ2) is 6.36. The Kier molecular flexibility index (Phi) is 5.86. The third-order valence-corrected chi connectivity index (χ3v) is 2.35. The average Bonchev–Trinajstić information content (AvgIpc) is 2.13. The lowest BCUT2D eigenvalue weighted by Gasteiger charge is -2.07. The molecule has 1 nitrogen and oxygen atoms in total. The molecule has 0 radical (unpaired) electrons. The lowest BCUT2D eigenvalue weighted by Crippen LogP contribution is -2.05. The van der Waals surface area contributed by atoms with E-state index < -0.39 is 0 Å². The van der Waals surface area contributed by atoms with E-state index >= 15 is 0 Å². The zero-order valence-corrected chi connectivity index (χ0v) is 9.47. The van der Waals surface area contributed by atoms with E-state index in [1.54, 1.807) is 13.0 Å². The first kappa shape index (κ1) is 12.9. The molecule has 0 spiro atoms. The van der Waals surface area contributed by atoms with Crippen molar-refractivity contribution in [2.24, 2.45) is 5.92 Å². The van der Waals surface area contributed by atoms with Gasteiger partial charge in [-0.05, 0) is 26.7 Å². The molecule has 1 unspecified atom stereocenters. The van der Waals surface area contributed by atoms with Gasteiger partial charge in [-0.25, -0.2) is 0 Å². The zero-order chi connectivity index (χ0) is 11.1. The molecule has 0 amide bonds. The van der Waals surface area contributed by atoms with Gasteiger partial charge in [-0.2, -0.15) is 0 Å². The Morgan fingerprint density at radius 2 is 2.07 bits per heavy atom. The minimum atomic E-state index is 0. The molecule has 1 atom stereocenters. The van der Waals surface area contributed by atoms with Gasteiger partial charge in [0, 0.05) is 7.34 Å². The summed E-state index contributed by atoms with van der Waals surface area (Å²) in [5.74, 6) is 0.395. The van der Waals surface area contributed by atoms with Crippen molar-refractivity contribution >= 4 is 5.78 Å². The Labute approximate surface area is 88.7 Å². The molecule has 0 aliphatic rings. The molecule has 0 aliphatic heterocycles. The van der Waals surface area contributed by atoms with E-state index in [4.69, 9.17) is 0 Å². The number of rotatable bonds is 6. The maximum Gasteiger partial charge on any atom is 0.132 e. The fraction of sp³-hybridized carbons (Fsp3) is 0.462.